The quantitative estimate of drug-likeness (QED) is 0.889. The zero-order valence-corrected chi connectivity index (χ0v) is 10.8. The van der Waals surface area contributed by atoms with Gasteiger partial charge in [-0.2, -0.15) is 5.10 Å². The van der Waals surface area contributed by atoms with Crippen molar-refractivity contribution in [1.29, 1.82) is 0 Å². The lowest BCUT2D eigenvalue weighted by Crippen LogP contribution is -2.24. The maximum absolute atomic E-state index is 4.22. The molecule has 0 radical (unpaired) electrons. The molecule has 0 atom stereocenters. The van der Waals surface area contributed by atoms with Crippen LogP contribution in [0.15, 0.2) is 30.5 Å². The van der Waals surface area contributed by atoms with E-state index in [2.05, 4.69) is 34.7 Å². The van der Waals surface area contributed by atoms with Crippen molar-refractivity contribution in [3.8, 4) is 0 Å². The van der Waals surface area contributed by atoms with Crippen molar-refractivity contribution in [2.24, 2.45) is 7.05 Å². The van der Waals surface area contributed by atoms with E-state index in [0.29, 0.717) is 0 Å². The Labute approximate surface area is 108 Å². The van der Waals surface area contributed by atoms with Crippen molar-refractivity contribution in [1.82, 2.24) is 15.1 Å². The van der Waals surface area contributed by atoms with Crippen LogP contribution in [0.5, 0.6) is 0 Å². The second kappa shape index (κ2) is 4.94. The van der Waals surface area contributed by atoms with Gasteiger partial charge in [0.25, 0.3) is 0 Å². The molecule has 0 saturated heterocycles. The molecule has 3 nitrogen and oxygen atoms in total. The van der Waals surface area contributed by atoms with E-state index in [4.69, 9.17) is 0 Å². The number of aromatic nitrogens is 2. The molecule has 94 valence electrons. The van der Waals surface area contributed by atoms with Gasteiger partial charge in [-0.05, 0) is 48.6 Å². The minimum absolute atomic E-state index is 1.02. The Bertz CT molecular complexity index is 542. The number of hydrogen-bond donors (Lipinski definition) is 1. The molecule has 1 aromatic heterocycles. The highest BCUT2D eigenvalue weighted by Crippen LogP contribution is 2.20. The van der Waals surface area contributed by atoms with Crippen LogP contribution in [0.25, 0.3) is 0 Å². The first-order valence-electron chi connectivity index (χ1n) is 6.62. The normalized spacial score (nSPS) is 14.5. The van der Waals surface area contributed by atoms with Crippen LogP contribution in [0.1, 0.15) is 22.4 Å². The van der Waals surface area contributed by atoms with E-state index in [1.807, 2.05) is 17.9 Å². The predicted octanol–water partition coefficient (Wildman–Crippen LogP) is 1.85. The number of nitrogens with zero attached hydrogens (tertiary/aromatic N) is 2. The first-order valence-corrected chi connectivity index (χ1v) is 6.62. The second-order valence-corrected chi connectivity index (χ2v) is 4.93. The van der Waals surface area contributed by atoms with Gasteiger partial charge in [0.1, 0.15) is 0 Å². The standard InChI is InChI=1S/C15H19N3/c1-18-14(8-10-17-18)6-5-12-3-2-4-13-7-9-16-11-15(12)13/h2-4,8,10,16H,5-7,9,11H2,1H3. The van der Waals surface area contributed by atoms with Crippen LogP contribution in [-0.2, 0) is 32.9 Å². The van der Waals surface area contributed by atoms with Gasteiger partial charge < -0.3 is 5.32 Å². The van der Waals surface area contributed by atoms with Crippen molar-refractivity contribution >= 4 is 0 Å². The third kappa shape index (κ3) is 2.18. The summed E-state index contributed by atoms with van der Waals surface area (Å²) in [7, 11) is 2.01. The van der Waals surface area contributed by atoms with Gasteiger partial charge in [0.2, 0.25) is 0 Å². The van der Waals surface area contributed by atoms with Crippen LogP contribution in [0.2, 0.25) is 0 Å². The van der Waals surface area contributed by atoms with Crippen molar-refractivity contribution in [2.45, 2.75) is 25.8 Å². The fraction of sp³-hybridized carbons (Fsp3) is 0.400. The highest BCUT2D eigenvalue weighted by molar-refractivity contribution is 5.37. The molecule has 1 aromatic carbocycles. The van der Waals surface area contributed by atoms with E-state index in [0.717, 1.165) is 32.4 Å². The van der Waals surface area contributed by atoms with Crippen LogP contribution in [-0.4, -0.2) is 16.3 Å². The van der Waals surface area contributed by atoms with E-state index in [1.54, 1.807) is 0 Å². The first-order chi connectivity index (χ1) is 8.84. The molecular formula is C15H19N3. The smallest absolute Gasteiger partial charge is 0.0492 e. The summed E-state index contributed by atoms with van der Waals surface area (Å²) in [6.07, 6.45) is 5.20. The molecule has 0 fully saturated rings. The van der Waals surface area contributed by atoms with Gasteiger partial charge in [0.15, 0.2) is 0 Å². The zero-order valence-electron chi connectivity index (χ0n) is 10.8. The number of benzene rings is 1. The average molecular weight is 241 g/mol. The third-order valence-corrected chi connectivity index (χ3v) is 3.82. The SMILES string of the molecule is Cn1nccc1CCc1cccc2c1CNCC2. The molecule has 0 saturated carbocycles. The lowest BCUT2D eigenvalue weighted by molar-refractivity contribution is 0.634. The van der Waals surface area contributed by atoms with Gasteiger partial charge in [-0.3, -0.25) is 4.68 Å². The summed E-state index contributed by atoms with van der Waals surface area (Å²) in [5.74, 6) is 0. The van der Waals surface area contributed by atoms with Crippen molar-refractivity contribution in [3.63, 3.8) is 0 Å². The Morgan fingerprint density at radius 2 is 2.22 bits per heavy atom. The fourth-order valence-electron chi connectivity index (χ4n) is 2.73. The molecule has 18 heavy (non-hydrogen) atoms. The predicted molar refractivity (Wildman–Crippen MR) is 72.5 cm³/mol. The van der Waals surface area contributed by atoms with E-state index in [1.165, 1.54) is 22.4 Å². The molecule has 0 unspecified atom stereocenters. The van der Waals surface area contributed by atoms with Crippen LogP contribution in [0, 0.1) is 0 Å². The summed E-state index contributed by atoms with van der Waals surface area (Å²) >= 11 is 0. The molecule has 1 N–H and O–H groups in total. The maximum atomic E-state index is 4.22. The first kappa shape index (κ1) is 11.5. The number of rotatable bonds is 3. The summed E-state index contributed by atoms with van der Waals surface area (Å²) in [6.45, 7) is 2.13. The highest BCUT2D eigenvalue weighted by atomic mass is 15.2. The summed E-state index contributed by atoms with van der Waals surface area (Å²) in [5.41, 5.74) is 5.83. The molecule has 3 heteroatoms. The number of hydrogen-bond acceptors (Lipinski definition) is 2. The minimum atomic E-state index is 1.02. The summed E-state index contributed by atoms with van der Waals surface area (Å²) in [4.78, 5) is 0. The second-order valence-electron chi connectivity index (χ2n) is 4.93. The number of aryl methyl sites for hydroxylation is 3. The van der Waals surface area contributed by atoms with Crippen molar-refractivity contribution in [3.05, 3.63) is 52.8 Å². The largest absolute Gasteiger partial charge is 0.312 e. The molecule has 2 aromatic rings. The summed E-state index contributed by atoms with van der Waals surface area (Å²) < 4.78 is 1.97. The van der Waals surface area contributed by atoms with E-state index in [9.17, 15) is 0 Å². The molecule has 1 aliphatic heterocycles. The lowest BCUT2D eigenvalue weighted by Gasteiger charge is -2.20. The molecule has 0 amide bonds. The van der Waals surface area contributed by atoms with Gasteiger partial charge in [-0.25, -0.2) is 0 Å². The fourth-order valence-corrected chi connectivity index (χ4v) is 2.73. The Kier molecular flexibility index (Phi) is 3.15. The van der Waals surface area contributed by atoms with E-state index >= 15 is 0 Å². The van der Waals surface area contributed by atoms with E-state index < -0.39 is 0 Å². The van der Waals surface area contributed by atoms with Crippen LogP contribution in [0.4, 0.5) is 0 Å². The maximum Gasteiger partial charge on any atom is 0.0492 e. The topological polar surface area (TPSA) is 29.9 Å². The molecule has 1 aliphatic rings. The summed E-state index contributed by atoms with van der Waals surface area (Å²) in [6, 6.07) is 8.84. The number of fused-ring (bicyclic) bond motifs is 1. The molecule has 2 heterocycles. The van der Waals surface area contributed by atoms with Gasteiger partial charge in [-0.15, -0.1) is 0 Å². The van der Waals surface area contributed by atoms with E-state index in [-0.39, 0.29) is 0 Å². The Balaban J connectivity index is 1.79. The molecular weight excluding hydrogens is 222 g/mol. The molecule has 0 spiro atoms. The Morgan fingerprint density at radius 3 is 3.06 bits per heavy atom. The Hall–Kier alpha value is -1.61. The lowest BCUT2D eigenvalue weighted by atomic mass is 9.93. The average Bonchev–Trinajstić information content (AvgIpc) is 2.82. The van der Waals surface area contributed by atoms with Gasteiger partial charge in [-0.1, -0.05) is 18.2 Å². The zero-order chi connectivity index (χ0) is 12.4. The third-order valence-electron chi connectivity index (χ3n) is 3.82. The monoisotopic (exact) mass is 241 g/mol. The van der Waals surface area contributed by atoms with Gasteiger partial charge in [0, 0.05) is 25.5 Å². The molecule has 0 aliphatic carbocycles. The Morgan fingerprint density at radius 1 is 1.28 bits per heavy atom. The van der Waals surface area contributed by atoms with Crippen molar-refractivity contribution in [2.75, 3.05) is 6.54 Å². The minimum Gasteiger partial charge on any atom is -0.312 e. The van der Waals surface area contributed by atoms with Crippen molar-refractivity contribution < 1.29 is 0 Å². The van der Waals surface area contributed by atoms with Crippen LogP contribution < -0.4 is 5.32 Å². The molecule has 0 bridgehead atoms. The van der Waals surface area contributed by atoms with Gasteiger partial charge >= 0.3 is 0 Å². The van der Waals surface area contributed by atoms with Crippen LogP contribution in [0.3, 0.4) is 0 Å². The summed E-state index contributed by atoms with van der Waals surface area (Å²) in [5, 5.41) is 7.69. The molecule has 3 rings (SSSR count). The van der Waals surface area contributed by atoms with Gasteiger partial charge in [0.05, 0.1) is 0 Å². The highest BCUT2D eigenvalue weighted by Gasteiger charge is 2.12. The van der Waals surface area contributed by atoms with Crippen LogP contribution >= 0.6 is 0 Å². The number of nitrogens with one attached hydrogen (secondary N) is 1.